The number of hydrogen-bond acceptors (Lipinski definition) is 3. The molecular weight excluding hydrogens is 292 g/mol. The number of hydrogen-bond donors (Lipinski definition) is 2. The van der Waals surface area contributed by atoms with Gasteiger partial charge in [-0.1, -0.05) is 11.6 Å². The van der Waals surface area contributed by atoms with Crippen LogP contribution in [0.4, 0.5) is 10.5 Å². The van der Waals surface area contributed by atoms with Gasteiger partial charge in [0.05, 0.1) is 0 Å². The Morgan fingerprint density at radius 2 is 1.81 bits per heavy atom. The second-order valence-electron chi connectivity index (χ2n) is 4.89. The van der Waals surface area contributed by atoms with Crippen molar-refractivity contribution in [2.45, 2.75) is 6.92 Å². The van der Waals surface area contributed by atoms with E-state index in [4.69, 9.17) is 17.3 Å². The van der Waals surface area contributed by atoms with Gasteiger partial charge in [-0.15, -0.1) is 0 Å². The van der Waals surface area contributed by atoms with Crippen molar-refractivity contribution in [2.24, 2.45) is 0 Å². The van der Waals surface area contributed by atoms with Gasteiger partial charge in [0.25, 0.3) is 5.91 Å². The first-order valence-corrected chi connectivity index (χ1v) is 7.27. The highest BCUT2D eigenvalue weighted by Crippen LogP contribution is 2.18. The van der Waals surface area contributed by atoms with E-state index in [9.17, 15) is 9.59 Å². The maximum Gasteiger partial charge on any atom is 0.317 e. The molecular formula is C14H19ClN4O2. The third-order valence-corrected chi connectivity index (χ3v) is 3.57. The van der Waals surface area contributed by atoms with Crippen LogP contribution in [0.15, 0.2) is 18.2 Å². The molecule has 114 valence electrons. The summed E-state index contributed by atoms with van der Waals surface area (Å²) < 4.78 is 0. The van der Waals surface area contributed by atoms with Crippen LogP contribution in [0, 0.1) is 0 Å². The zero-order valence-corrected chi connectivity index (χ0v) is 12.7. The van der Waals surface area contributed by atoms with E-state index in [0.717, 1.165) is 0 Å². The molecule has 1 aromatic rings. The zero-order valence-electron chi connectivity index (χ0n) is 11.9. The Labute approximate surface area is 128 Å². The summed E-state index contributed by atoms with van der Waals surface area (Å²) in [6, 6.07) is 4.74. The maximum absolute atomic E-state index is 12.4. The molecule has 0 spiro atoms. The molecule has 0 atom stereocenters. The number of piperazine rings is 1. The maximum atomic E-state index is 12.4. The molecule has 0 unspecified atom stereocenters. The van der Waals surface area contributed by atoms with Crippen molar-refractivity contribution >= 4 is 29.2 Å². The monoisotopic (exact) mass is 310 g/mol. The Balaban J connectivity index is 1.98. The van der Waals surface area contributed by atoms with E-state index < -0.39 is 0 Å². The molecule has 0 bridgehead atoms. The summed E-state index contributed by atoms with van der Waals surface area (Å²) in [6.45, 7) is 4.52. The molecule has 0 aliphatic carbocycles. The smallest absolute Gasteiger partial charge is 0.317 e. The Hall–Kier alpha value is -1.95. The first-order chi connectivity index (χ1) is 10.0. The number of carbonyl (C=O) groups is 2. The largest absolute Gasteiger partial charge is 0.399 e. The highest BCUT2D eigenvalue weighted by Gasteiger charge is 2.24. The molecule has 21 heavy (non-hydrogen) atoms. The number of rotatable bonds is 2. The molecule has 1 heterocycles. The van der Waals surface area contributed by atoms with Gasteiger partial charge in [0.1, 0.15) is 0 Å². The van der Waals surface area contributed by atoms with Crippen molar-refractivity contribution in [1.82, 2.24) is 15.1 Å². The number of halogens is 1. The minimum Gasteiger partial charge on any atom is -0.399 e. The first-order valence-electron chi connectivity index (χ1n) is 6.89. The molecule has 1 saturated heterocycles. The van der Waals surface area contributed by atoms with E-state index in [1.165, 1.54) is 0 Å². The molecule has 1 aliphatic heterocycles. The number of anilines is 1. The van der Waals surface area contributed by atoms with Crippen molar-refractivity contribution in [3.8, 4) is 0 Å². The van der Waals surface area contributed by atoms with Crippen LogP contribution >= 0.6 is 11.6 Å². The summed E-state index contributed by atoms with van der Waals surface area (Å²) in [5.41, 5.74) is 6.65. The van der Waals surface area contributed by atoms with Crippen LogP contribution in [-0.2, 0) is 0 Å². The summed E-state index contributed by atoms with van der Waals surface area (Å²) in [5, 5.41) is 3.20. The molecule has 1 aromatic carbocycles. The lowest BCUT2D eigenvalue weighted by atomic mass is 10.1. The number of benzene rings is 1. The predicted molar refractivity (Wildman–Crippen MR) is 82.4 cm³/mol. The Morgan fingerprint density at radius 3 is 2.38 bits per heavy atom. The van der Waals surface area contributed by atoms with E-state index in [1.54, 1.807) is 28.0 Å². The van der Waals surface area contributed by atoms with Gasteiger partial charge in [0.15, 0.2) is 0 Å². The van der Waals surface area contributed by atoms with Crippen LogP contribution in [0.1, 0.15) is 17.3 Å². The van der Waals surface area contributed by atoms with Crippen LogP contribution in [-0.4, -0.2) is 54.5 Å². The van der Waals surface area contributed by atoms with Gasteiger partial charge in [0.2, 0.25) is 0 Å². The summed E-state index contributed by atoms with van der Waals surface area (Å²) in [6.07, 6.45) is 0. The van der Waals surface area contributed by atoms with Gasteiger partial charge in [-0.2, -0.15) is 0 Å². The molecule has 0 radical (unpaired) electrons. The number of carbonyl (C=O) groups excluding carboxylic acids is 2. The number of urea groups is 1. The number of nitrogens with one attached hydrogen (secondary N) is 1. The molecule has 1 aliphatic rings. The molecule has 3 amide bonds. The lowest BCUT2D eigenvalue weighted by Gasteiger charge is -2.34. The molecule has 2 rings (SSSR count). The van der Waals surface area contributed by atoms with E-state index >= 15 is 0 Å². The van der Waals surface area contributed by atoms with E-state index in [0.29, 0.717) is 49.0 Å². The molecule has 3 N–H and O–H groups in total. The van der Waals surface area contributed by atoms with Crippen molar-refractivity contribution in [2.75, 3.05) is 38.5 Å². The van der Waals surface area contributed by atoms with Gasteiger partial charge in [-0.3, -0.25) is 4.79 Å². The van der Waals surface area contributed by atoms with Crippen LogP contribution in [0.3, 0.4) is 0 Å². The third kappa shape index (κ3) is 3.78. The second kappa shape index (κ2) is 6.67. The molecule has 7 heteroatoms. The van der Waals surface area contributed by atoms with E-state index in [2.05, 4.69) is 5.32 Å². The summed E-state index contributed by atoms with van der Waals surface area (Å²) in [4.78, 5) is 27.5. The fourth-order valence-corrected chi connectivity index (χ4v) is 2.54. The molecule has 0 aromatic heterocycles. The van der Waals surface area contributed by atoms with Crippen molar-refractivity contribution < 1.29 is 9.59 Å². The summed E-state index contributed by atoms with van der Waals surface area (Å²) in [5.74, 6) is -0.111. The topological polar surface area (TPSA) is 78.7 Å². The minimum absolute atomic E-state index is 0.0865. The quantitative estimate of drug-likeness (QED) is 0.811. The van der Waals surface area contributed by atoms with Crippen molar-refractivity contribution in [1.29, 1.82) is 0 Å². The SMILES string of the molecule is CCNC(=O)N1CCN(C(=O)c2cc(N)cc(Cl)c2)CC1. The zero-order chi connectivity index (χ0) is 15.4. The lowest BCUT2D eigenvalue weighted by Crippen LogP contribution is -2.53. The van der Waals surface area contributed by atoms with Crippen LogP contribution in [0.2, 0.25) is 5.02 Å². The van der Waals surface area contributed by atoms with Gasteiger partial charge in [-0.05, 0) is 25.1 Å². The lowest BCUT2D eigenvalue weighted by molar-refractivity contribution is 0.0665. The average molecular weight is 311 g/mol. The van der Waals surface area contributed by atoms with Crippen molar-refractivity contribution in [3.05, 3.63) is 28.8 Å². The van der Waals surface area contributed by atoms with E-state index in [-0.39, 0.29) is 11.9 Å². The fourth-order valence-electron chi connectivity index (χ4n) is 2.29. The van der Waals surface area contributed by atoms with Gasteiger partial charge in [0, 0.05) is 49.0 Å². The Morgan fingerprint density at radius 1 is 1.19 bits per heavy atom. The Bertz CT molecular complexity index is 522. The normalized spacial score (nSPS) is 15.0. The molecule has 1 fully saturated rings. The van der Waals surface area contributed by atoms with Gasteiger partial charge in [-0.25, -0.2) is 4.79 Å². The summed E-state index contributed by atoms with van der Waals surface area (Å²) >= 11 is 5.92. The summed E-state index contributed by atoms with van der Waals surface area (Å²) in [7, 11) is 0. The highest BCUT2D eigenvalue weighted by molar-refractivity contribution is 6.31. The van der Waals surface area contributed by atoms with Crippen molar-refractivity contribution in [3.63, 3.8) is 0 Å². The van der Waals surface area contributed by atoms with Crippen LogP contribution < -0.4 is 11.1 Å². The van der Waals surface area contributed by atoms with E-state index in [1.807, 2.05) is 6.92 Å². The van der Waals surface area contributed by atoms with Crippen LogP contribution in [0.25, 0.3) is 0 Å². The molecule has 6 nitrogen and oxygen atoms in total. The highest BCUT2D eigenvalue weighted by atomic mass is 35.5. The first kappa shape index (κ1) is 15.4. The van der Waals surface area contributed by atoms with Gasteiger partial charge >= 0.3 is 6.03 Å². The van der Waals surface area contributed by atoms with Crippen LogP contribution in [0.5, 0.6) is 0 Å². The Kier molecular flexibility index (Phi) is 4.90. The number of amides is 3. The number of nitrogen functional groups attached to an aromatic ring is 1. The number of nitrogens with two attached hydrogens (primary N) is 1. The van der Waals surface area contributed by atoms with Gasteiger partial charge < -0.3 is 20.9 Å². The fraction of sp³-hybridized carbons (Fsp3) is 0.429. The standard InChI is InChI=1S/C14H19ClN4O2/c1-2-17-14(21)19-5-3-18(4-6-19)13(20)10-7-11(15)9-12(16)8-10/h7-9H,2-6,16H2,1H3,(H,17,21). The third-order valence-electron chi connectivity index (χ3n) is 3.35. The number of nitrogens with zero attached hydrogens (tertiary/aromatic N) is 2. The average Bonchev–Trinajstić information content (AvgIpc) is 2.46. The minimum atomic E-state index is -0.111. The molecule has 0 saturated carbocycles. The second-order valence-corrected chi connectivity index (χ2v) is 5.32. The predicted octanol–water partition coefficient (Wildman–Crippen LogP) is 1.41.